The van der Waals surface area contributed by atoms with Gasteiger partial charge >= 0.3 is 0 Å². The molecule has 0 radical (unpaired) electrons. The number of rotatable bonds is 9. The van der Waals surface area contributed by atoms with Crippen LogP contribution in [0.4, 0.5) is 0 Å². The zero-order valence-electron chi connectivity index (χ0n) is 15.0. The largest absolute Gasteiger partial charge is 0.376 e. The zero-order chi connectivity index (χ0) is 15.5. The highest BCUT2D eigenvalue weighted by atomic mass is 16.5. The quantitative estimate of drug-likeness (QED) is 0.605. The Bertz CT molecular complexity index is 197. The standard InChI is InChI=1S/C15H33NO.C2H6/c1-8-16-11-9-15(6,7)17-12-10-14(4,5)13(2)3;1-2/h13,16H,8-12H2,1-7H3;1-2H3. The maximum atomic E-state index is 6.02. The Labute approximate surface area is 122 Å². The van der Waals surface area contributed by atoms with E-state index in [1.165, 1.54) is 0 Å². The van der Waals surface area contributed by atoms with E-state index in [1.807, 2.05) is 13.8 Å². The molecule has 0 aliphatic carbocycles. The van der Waals surface area contributed by atoms with E-state index >= 15 is 0 Å². The van der Waals surface area contributed by atoms with E-state index < -0.39 is 0 Å². The highest BCUT2D eigenvalue weighted by Crippen LogP contribution is 2.30. The third kappa shape index (κ3) is 11.4. The number of nitrogens with one attached hydrogen (secondary N) is 1. The van der Waals surface area contributed by atoms with Crippen LogP contribution >= 0.6 is 0 Å². The van der Waals surface area contributed by atoms with Crippen molar-refractivity contribution in [2.45, 2.75) is 80.8 Å². The van der Waals surface area contributed by atoms with Gasteiger partial charge in [0.1, 0.15) is 0 Å². The maximum absolute atomic E-state index is 6.02. The molecule has 0 heterocycles. The molecule has 118 valence electrons. The molecule has 0 spiro atoms. The fourth-order valence-corrected chi connectivity index (χ4v) is 1.52. The highest BCUT2D eigenvalue weighted by Gasteiger charge is 2.24. The van der Waals surface area contributed by atoms with Gasteiger partial charge in [-0.05, 0) is 51.1 Å². The SMILES string of the molecule is CC.CCNCCC(C)(C)OCCC(C)(C)C(C)C. The number of ether oxygens (including phenoxy) is 1. The topological polar surface area (TPSA) is 21.3 Å². The van der Waals surface area contributed by atoms with E-state index in [2.05, 4.69) is 53.8 Å². The van der Waals surface area contributed by atoms with Crippen molar-refractivity contribution in [3.05, 3.63) is 0 Å². The van der Waals surface area contributed by atoms with Gasteiger partial charge in [0.25, 0.3) is 0 Å². The lowest BCUT2D eigenvalue weighted by molar-refractivity contribution is -0.0374. The molecule has 0 rings (SSSR count). The van der Waals surface area contributed by atoms with Gasteiger partial charge in [0.2, 0.25) is 0 Å². The Balaban J connectivity index is 0. The van der Waals surface area contributed by atoms with Crippen LogP contribution in [0, 0.1) is 11.3 Å². The van der Waals surface area contributed by atoms with E-state index in [9.17, 15) is 0 Å². The Morgan fingerprint density at radius 1 is 1.00 bits per heavy atom. The first kappa shape index (κ1) is 21.2. The van der Waals surface area contributed by atoms with Crippen molar-refractivity contribution in [2.24, 2.45) is 11.3 Å². The normalized spacial score (nSPS) is 12.3. The molecule has 0 bridgehead atoms. The van der Waals surface area contributed by atoms with E-state index in [0.717, 1.165) is 32.5 Å². The second kappa shape index (κ2) is 10.7. The van der Waals surface area contributed by atoms with Gasteiger partial charge in [-0.25, -0.2) is 0 Å². The molecule has 0 amide bonds. The molecule has 0 saturated carbocycles. The fourth-order valence-electron chi connectivity index (χ4n) is 1.52. The minimum atomic E-state index is -0.00473. The zero-order valence-corrected chi connectivity index (χ0v) is 15.0. The first-order valence-corrected chi connectivity index (χ1v) is 8.06. The maximum Gasteiger partial charge on any atom is 0.0638 e. The second-order valence-corrected chi connectivity index (χ2v) is 6.60. The molecular weight excluding hydrogens is 234 g/mol. The molecule has 2 nitrogen and oxygen atoms in total. The van der Waals surface area contributed by atoms with Gasteiger partial charge in [0, 0.05) is 6.61 Å². The summed E-state index contributed by atoms with van der Waals surface area (Å²) in [7, 11) is 0. The third-order valence-electron chi connectivity index (χ3n) is 3.96. The molecular formula is C17H39NO. The van der Waals surface area contributed by atoms with Crippen molar-refractivity contribution in [3.8, 4) is 0 Å². The molecule has 0 atom stereocenters. The summed E-state index contributed by atoms with van der Waals surface area (Å²) in [4.78, 5) is 0. The Morgan fingerprint density at radius 2 is 1.53 bits per heavy atom. The van der Waals surface area contributed by atoms with Gasteiger partial charge in [0.05, 0.1) is 5.60 Å². The fraction of sp³-hybridized carbons (Fsp3) is 1.00. The summed E-state index contributed by atoms with van der Waals surface area (Å²) in [5, 5.41) is 3.35. The molecule has 0 aromatic carbocycles. The first-order chi connectivity index (χ1) is 8.71. The second-order valence-electron chi connectivity index (χ2n) is 6.60. The number of hydrogen-bond acceptors (Lipinski definition) is 2. The van der Waals surface area contributed by atoms with Crippen molar-refractivity contribution in [3.63, 3.8) is 0 Å². The van der Waals surface area contributed by atoms with Gasteiger partial charge in [-0.3, -0.25) is 0 Å². The smallest absolute Gasteiger partial charge is 0.0638 e. The summed E-state index contributed by atoms with van der Waals surface area (Å²) < 4.78 is 6.02. The van der Waals surface area contributed by atoms with Crippen LogP contribution in [0.15, 0.2) is 0 Å². The van der Waals surface area contributed by atoms with Crippen LogP contribution in [0.1, 0.15) is 75.2 Å². The number of hydrogen-bond donors (Lipinski definition) is 1. The molecule has 0 aliphatic heterocycles. The lowest BCUT2D eigenvalue weighted by atomic mass is 9.78. The van der Waals surface area contributed by atoms with Gasteiger partial charge in [-0.15, -0.1) is 0 Å². The summed E-state index contributed by atoms with van der Waals surface area (Å²) in [6.07, 6.45) is 2.21. The van der Waals surface area contributed by atoms with E-state index in [4.69, 9.17) is 4.74 Å². The van der Waals surface area contributed by atoms with E-state index in [1.54, 1.807) is 0 Å². The molecule has 0 unspecified atom stereocenters. The summed E-state index contributed by atoms with van der Waals surface area (Å²) in [6, 6.07) is 0. The first-order valence-electron chi connectivity index (χ1n) is 8.06. The van der Waals surface area contributed by atoms with Crippen molar-refractivity contribution in [2.75, 3.05) is 19.7 Å². The molecule has 0 aromatic rings. The molecule has 0 saturated heterocycles. The molecule has 2 heteroatoms. The monoisotopic (exact) mass is 273 g/mol. The summed E-state index contributed by atoms with van der Waals surface area (Å²) in [5.41, 5.74) is 0.368. The van der Waals surface area contributed by atoms with Crippen LogP contribution in [0.5, 0.6) is 0 Å². The lowest BCUT2D eigenvalue weighted by Gasteiger charge is -2.32. The van der Waals surface area contributed by atoms with Crippen molar-refractivity contribution >= 4 is 0 Å². The Hall–Kier alpha value is -0.0800. The highest BCUT2D eigenvalue weighted by molar-refractivity contribution is 4.74. The van der Waals surface area contributed by atoms with Crippen LogP contribution in [0.2, 0.25) is 0 Å². The predicted octanol–water partition coefficient (Wildman–Crippen LogP) is 4.88. The van der Waals surface area contributed by atoms with Gasteiger partial charge in [-0.2, -0.15) is 0 Å². The Kier molecular flexibility index (Phi) is 11.9. The summed E-state index contributed by atoms with van der Waals surface area (Å²) in [5.74, 6) is 0.705. The van der Waals surface area contributed by atoms with Crippen LogP contribution in [0.3, 0.4) is 0 Å². The molecule has 1 N–H and O–H groups in total. The van der Waals surface area contributed by atoms with Crippen LogP contribution in [-0.4, -0.2) is 25.3 Å². The predicted molar refractivity (Wildman–Crippen MR) is 87.8 cm³/mol. The van der Waals surface area contributed by atoms with Crippen molar-refractivity contribution in [1.29, 1.82) is 0 Å². The lowest BCUT2D eigenvalue weighted by Crippen LogP contribution is -2.32. The average molecular weight is 274 g/mol. The molecule has 0 aromatic heterocycles. The van der Waals surface area contributed by atoms with E-state index in [-0.39, 0.29) is 5.60 Å². The average Bonchev–Trinajstić information content (AvgIpc) is 2.31. The van der Waals surface area contributed by atoms with Crippen molar-refractivity contribution in [1.82, 2.24) is 5.32 Å². The van der Waals surface area contributed by atoms with Gasteiger partial charge < -0.3 is 10.1 Å². The molecule has 0 aliphatic rings. The summed E-state index contributed by atoms with van der Waals surface area (Å²) >= 11 is 0. The van der Waals surface area contributed by atoms with Crippen LogP contribution in [0.25, 0.3) is 0 Å². The van der Waals surface area contributed by atoms with Gasteiger partial charge in [0.15, 0.2) is 0 Å². The summed E-state index contributed by atoms with van der Waals surface area (Å²) in [6.45, 7) is 22.7. The third-order valence-corrected chi connectivity index (χ3v) is 3.96. The van der Waals surface area contributed by atoms with Crippen LogP contribution in [-0.2, 0) is 4.74 Å². The molecule has 0 fully saturated rings. The van der Waals surface area contributed by atoms with Gasteiger partial charge in [-0.1, -0.05) is 48.5 Å². The van der Waals surface area contributed by atoms with Crippen molar-refractivity contribution < 1.29 is 4.74 Å². The minimum Gasteiger partial charge on any atom is -0.376 e. The van der Waals surface area contributed by atoms with E-state index in [0.29, 0.717) is 11.3 Å². The molecule has 19 heavy (non-hydrogen) atoms. The Morgan fingerprint density at radius 3 is 1.95 bits per heavy atom. The van der Waals surface area contributed by atoms with Crippen LogP contribution < -0.4 is 5.32 Å². The minimum absolute atomic E-state index is 0.00473.